The minimum absolute atomic E-state index is 0.381. The molecule has 0 aliphatic carbocycles. The number of rotatable bonds is 4. The highest BCUT2D eigenvalue weighted by Gasteiger charge is 2.25. The summed E-state index contributed by atoms with van der Waals surface area (Å²) in [5, 5.41) is 1.27. The molecule has 5 heteroatoms. The SMILES string of the molecule is Cc1cc(-c2[nH]c3ccc(C4CCN(C(=O)CF)CC4)cc3c2C(C)C)ccn1. The number of alkyl halides is 1. The van der Waals surface area contributed by atoms with Crippen LogP contribution in [0.5, 0.6) is 0 Å². The number of nitrogens with zero attached hydrogens (tertiary/aromatic N) is 2. The first-order valence-electron chi connectivity index (χ1n) is 10.4. The number of benzene rings is 1. The number of carbonyl (C=O) groups is 1. The molecule has 1 aromatic carbocycles. The van der Waals surface area contributed by atoms with Crippen molar-refractivity contribution in [1.82, 2.24) is 14.9 Å². The highest BCUT2D eigenvalue weighted by molar-refractivity contribution is 5.92. The summed E-state index contributed by atoms with van der Waals surface area (Å²) >= 11 is 0. The second-order valence-electron chi connectivity index (χ2n) is 8.35. The van der Waals surface area contributed by atoms with Crippen LogP contribution in [-0.2, 0) is 4.79 Å². The molecule has 0 bridgehead atoms. The number of likely N-dealkylation sites (tertiary alicyclic amines) is 1. The van der Waals surface area contributed by atoms with Crippen LogP contribution in [0.1, 0.15) is 55.3 Å². The Kier molecular flexibility index (Phi) is 5.39. The molecular formula is C24H28FN3O. The van der Waals surface area contributed by atoms with Crippen molar-refractivity contribution in [2.45, 2.75) is 45.4 Å². The number of carbonyl (C=O) groups excluding carboxylic acids is 1. The van der Waals surface area contributed by atoms with E-state index in [2.05, 4.69) is 54.1 Å². The molecule has 1 N–H and O–H groups in total. The molecule has 2 aromatic heterocycles. The topological polar surface area (TPSA) is 49.0 Å². The van der Waals surface area contributed by atoms with Crippen LogP contribution < -0.4 is 0 Å². The normalized spacial score (nSPS) is 15.4. The second kappa shape index (κ2) is 7.97. The molecule has 1 aliphatic rings. The molecule has 152 valence electrons. The standard InChI is InChI=1S/C24H28FN3O/c1-15(2)23-20-13-18(17-7-10-28(11-8-17)22(29)14-25)4-5-21(20)27-24(23)19-6-9-26-16(3)12-19/h4-6,9,12-13,15,17,27H,7-8,10-11,14H2,1-3H3. The van der Waals surface area contributed by atoms with Crippen LogP contribution in [0.25, 0.3) is 22.2 Å². The maximum absolute atomic E-state index is 12.7. The second-order valence-corrected chi connectivity index (χ2v) is 8.35. The summed E-state index contributed by atoms with van der Waals surface area (Å²) in [6.07, 6.45) is 3.63. The van der Waals surface area contributed by atoms with Crippen LogP contribution >= 0.6 is 0 Å². The summed E-state index contributed by atoms with van der Waals surface area (Å²) in [4.78, 5) is 21.2. The molecule has 0 atom stereocenters. The van der Waals surface area contributed by atoms with Gasteiger partial charge in [0.25, 0.3) is 5.91 Å². The molecule has 0 unspecified atom stereocenters. The van der Waals surface area contributed by atoms with E-state index in [0.717, 1.165) is 29.6 Å². The number of hydrogen-bond acceptors (Lipinski definition) is 2. The molecule has 1 fully saturated rings. The fraction of sp³-hybridized carbons (Fsp3) is 0.417. The first kappa shape index (κ1) is 19.6. The zero-order chi connectivity index (χ0) is 20.5. The third-order valence-corrected chi connectivity index (χ3v) is 6.06. The van der Waals surface area contributed by atoms with E-state index in [1.165, 1.54) is 22.2 Å². The van der Waals surface area contributed by atoms with Gasteiger partial charge in [0, 0.05) is 41.4 Å². The number of aromatic amines is 1. The van der Waals surface area contributed by atoms with Crippen molar-refractivity contribution in [2.24, 2.45) is 0 Å². The smallest absolute Gasteiger partial charge is 0.253 e. The lowest BCUT2D eigenvalue weighted by Crippen LogP contribution is -2.38. The van der Waals surface area contributed by atoms with Crippen molar-refractivity contribution >= 4 is 16.8 Å². The maximum atomic E-state index is 12.7. The molecule has 0 saturated carbocycles. The van der Waals surface area contributed by atoms with Crippen molar-refractivity contribution in [3.05, 3.63) is 53.3 Å². The van der Waals surface area contributed by atoms with E-state index in [9.17, 15) is 9.18 Å². The zero-order valence-corrected chi connectivity index (χ0v) is 17.3. The number of hydrogen-bond donors (Lipinski definition) is 1. The Morgan fingerprint density at radius 1 is 1.24 bits per heavy atom. The fourth-order valence-electron chi connectivity index (χ4n) is 4.56. The molecule has 1 aliphatic heterocycles. The van der Waals surface area contributed by atoms with Gasteiger partial charge in [0.1, 0.15) is 0 Å². The van der Waals surface area contributed by atoms with E-state index in [-0.39, 0.29) is 5.91 Å². The van der Waals surface area contributed by atoms with Gasteiger partial charge in [0.2, 0.25) is 0 Å². The van der Waals surface area contributed by atoms with Crippen molar-refractivity contribution in [1.29, 1.82) is 0 Å². The molecular weight excluding hydrogens is 365 g/mol. The van der Waals surface area contributed by atoms with Crippen molar-refractivity contribution in [3.8, 4) is 11.3 Å². The zero-order valence-electron chi connectivity index (χ0n) is 17.3. The number of fused-ring (bicyclic) bond motifs is 1. The molecule has 1 amide bonds. The Balaban J connectivity index is 1.69. The molecule has 1 saturated heterocycles. The van der Waals surface area contributed by atoms with Gasteiger partial charge < -0.3 is 9.88 Å². The third-order valence-electron chi connectivity index (χ3n) is 6.06. The highest BCUT2D eigenvalue weighted by Crippen LogP contribution is 2.38. The molecule has 4 nitrogen and oxygen atoms in total. The molecule has 29 heavy (non-hydrogen) atoms. The predicted molar refractivity (Wildman–Crippen MR) is 115 cm³/mol. The molecule has 3 heterocycles. The number of aromatic nitrogens is 2. The van der Waals surface area contributed by atoms with Gasteiger partial charge in [-0.1, -0.05) is 19.9 Å². The number of H-pyrrole nitrogens is 1. The first-order chi connectivity index (χ1) is 14.0. The van der Waals surface area contributed by atoms with Crippen molar-refractivity contribution in [3.63, 3.8) is 0 Å². The van der Waals surface area contributed by atoms with Crippen molar-refractivity contribution < 1.29 is 9.18 Å². The summed E-state index contributed by atoms with van der Waals surface area (Å²) in [5.41, 5.74) is 7.12. The Morgan fingerprint density at radius 3 is 2.66 bits per heavy atom. The lowest BCUT2D eigenvalue weighted by atomic mass is 9.87. The van der Waals surface area contributed by atoms with Crippen molar-refractivity contribution in [2.75, 3.05) is 19.8 Å². The Hall–Kier alpha value is -2.69. The van der Waals surface area contributed by atoms with Crippen LogP contribution in [0, 0.1) is 6.92 Å². The molecule has 4 rings (SSSR count). The number of halogens is 1. The minimum Gasteiger partial charge on any atom is -0.354 e. The number of piperidine rings is 1. The van der Waals surface area contributed by atoms with Gasteiger partial charge >= 0.3 is 0 Å². The van der Waals surface area contributed by atoms with Crippen LogP contribution in [0.2, 0.25) is 0 Å². The summed E-state index contributed by atoms with van der Waals surface area (Å²) in [6, 6.07) is 10.9. The first-order valence-corrected chi connectivity index (χ1v) is 10.4. The average molecular weight is 394 g/mol. The molecule has 0 radical (unpaired) electrons. The van der Waals surface area contributed by atoms with Gasteiger partial charge in [-0.15, -0.1) is 0 Å². The van der Waals surface area contributed by atoms with Gasteiger partial charge in [0.15, 0.2) is 6.67 Å². The predicted octanol–water partition coefficient (Wildman–Crippen LogP) is 5.34. The summed E-state index contributed by atoms with van der Waals surface area (Å²) in [6.45, 7) is 6.85. The van der Waals surface area contributed by atoms with Gasteiger partial charge in [-0.05, 0) is 67.0 Å². The van der Waals surface area contributed by atoms with Gasteiger partial charge in [-0.2, -0.15) is 0 Å². The summed E-state index contributed by atoms with van der Waals surface area (Å²) < 4.78 is 12.7. The summed E-state index contributed by atoms with van der Waals surface area (Å²) in [5.74, 6) is 0.403. The minimum atomic E-state index is -0.894. The summed E-state index contributed by atoms with van der Waals surface area (Å²) in [7, 11) is 0. The quantitative estimate of drug-likeness (QED) is 0.651. The van der Waals surface area contributed by atoms with E-state index in [4.69, 9.17) is 0 Å². The van der Waals surface area contributed by atoms with Crippen LogP contribution in [0.3, 0.4) is 0 Å². The number of nitrogens with one attached hydrogen (secondary N) is 1. The van der Waals surface area contributed by atoms with E-state index in [0.29, 0.717) is 24.9 Å². The monoisotopic (exact) mass is 393 g/mol. The lowest BCUT2D eigenvalue weighted by molar-refractivity contribution is -0.133. The highest BCUT2D eigenvalue weighted by atomic mass is 19.1. The number of aryl methyl sites for hydroxylation is 1. The van der Waals surface area contributed by atoms with Crippen LogP contribution in [0.4, 0.5) is 4.39 Å². The Labute approximate surface area is 171 Å². The fourth-order valence-corrected chi connectivity index (χ4v) is 4.56. The van der Waals surface area contributed by atoms with E-state index >= 15 is 0 Å². The van der Waals surface area contributed by atoms with Crippen LogP contribution in [-0.4, -0.2) is 40.5 Å². The van der Waals surface area contributed by atoms with Crippen LogP contribution in [0.15, 0.2) is 36.5 Å². The van der Waals surface area contributed by atoms with E-state index < -0.39 is 6.67 Å². The molecule has 3 aromatic rings. The van der Waals surface area contributed by atoms with E-state index in [1.54, 1.807) is 4.90 Å². The molecule has 0 spiro atoms. The van der Waals surface area contributed by atoms with Gasteiger partial charge in [0.05, 0.1) is 5.69 Å². The van der Waals surface area contributed by atoms with Gasteiger partial charge in [-0.25, -0.2) is 4.39 Å². The number of amides is 1. The maximum Gasteiger partial charge on any atom is 0.253 e. The Bertz CT molecular complexity index is 1030. The van der Waals surface area contributed by atoms with E-state index in [1.807, 2.05) is 13.1 Å². The largest absolute Gasteiger partial charge is 0.354 e. The lowest BCUT2D eigenvalue weighted by Gasteiger charge is -2.31. The average Bonchev–Trinajstić information content (AvgIpc) is 3.12. The third kappa shape index (κ3) is 3.78. The number of pyridine rings is 1. The Morgan fingerprint density at radius 2 is 2.00 bits per heavy atom. The van der Waals surface area contributed by atoms with Gasteiger partial charge in [-0.3, -0.25) is 9.78 Å².